The molecular weight excluding hydrogens is 418 g/mol. The number of fused-ring (bicyclic) bond motifs is 1. The minimum atomic E-state index is -0.995. The minimum absolute atomic E-state index is 0.0600. The van der Waals surface area contributed by atoms with Gasteiger partial charge in [0.05, 0.1) is 22.2 Å². The number of hydrogen-bond acceptors (Lipinski definition) is 5. The standard InChI is InChI=1S/C22H20ClN5O3/c1-11-3-6-13(7-4-11)24-22-27-19-18(21(31)28-22)14(10-17(29)26-19)20(30)25-16-8-5-12(2)9-15(16)23/h3-9,14H,10H2,1-2H3,(H,25,30)(H3,24,26,27,28,29,31)/t14-/m1/s1. The van der Waals surface area contributed by atoms with E-state index in [1.54, 1.807) is 18.2 Å². The molecule has 0 radical (unpaired) electrons. The Hall–Kier alpha value is -3.65. The highest BCUT2D eigenvalue weighted by Gasteiger charge is 2.35. The topological polar surface area (TPSA) is 116 Å². The molecule has 4 rings (SSSR count). The van der Waals surface area contributed by atoms with Crippen LogP contribution in [0.4, 0.5) is 23.1 Å². The van der Waals surface area contributed by atoms with E-state index in [1.165, 1.54) is 0 Å². The van der Waals surface area contributed by atoms with Gasteiger partial charge < -0.3 is 16.0 Å². The van der Waals surface area contributed by atoms with Crippen molar-refractivity contribution >= 4 is 46.6 Å². The fraction of sp³-hybridized carbons (Fsp3) is 0.182. The van der Waals surface area contributed by atoms with Gasteiger partial charge in [0, 0.05) is 12.1 Å². The van der Waals surface area contributed by atoms with Crippen molar-refractivity contribution in [2.45, 2.75) is 26.2 Å². The molecule has 0 unspecified atom stereocenters. The number of nitrogens with zero attached hydrogens (tertiary/aromatic N) is 1. The quantitative estimate of drug-likeness (QED) is 0.494. The zero-order chi connectivity index (χ0) is 22.1. The molecule has 0 bridgehead atoms. The van der Waals surface area contributed by atoms with Crippen molar-refractivity contribution in [1.29, 1.82) is 0 Å². The summed E-state index contributed by atoms with van der Waals surface area (Å²) >= 11 is 6.20. The molecule has 0 saturated carbocycles. The van der Waals surface area contributed by atoms with Crippen LogP contribution in [-0.4, -0.2) is 21.8 Å². The molecule has 0 fully saturated rings. The largest absolute Gasteiger partial charge is 0.326 e. The molecule has 2 amide bonds. The van der Waals surface area contributed by atoms with Gasteiger partial charge in [0.15, 0.2) is 0 Å². The van der Waals surface area contributed by atoms with Crippen LogP contribution in [0.5, 0.6) is 0 Å². The molecule has 31 heavy (non-hydrogen) atoms. The highest BCUT2D eigenvalue weighted by atomic mass is 35.5. The Morgan fingerprint density at radius 1 is 1.10 bits per heavy atom. The number of rotatable bonds is 4. The van der Waals surface area contributed by atoms with Crippen LogP contribution in [0.3, 0.4) is 0 Å². The Kier molecular flexibility index (Phi) is 5.48. The lowest BCUT2D eigenvalue weighted by molar-refractivity contribution is -0.123. The summed E-state index contributed by atoms with van der Waals surface area (Å²) in [4.78, 5) is 44.9. The summed E-state index contributed by atoms with van der Waals surface area (Å²) in [6.45, 7) is 3.85. The molecular formula is C22H20ClN5O3. The molecule has 9 heteroatoms. The van der Waals surface area contributed by atoms with E-state index in [9.17, 15) is 14.4 Å². The van der Waals surface area contributed by atoms with Gasteiger partial charge in [-0.3, -0.25) is 19.4 Å². The summed E-state index contributed by atoms with van der Waals surface area (Å²) in [6, 6.07) is 12.7. The summed E-state index contributed by atoms with van der Waals surface area (Å²) in [5.41, 5.74) is 2.77. The van der Waals surface area contributed by atoms with Crippen LogP contribution in [0.25, 0.3) is 0 Å². The first-order valence-electron chi connectivity index (χ1n) is 9.65. The first-order valence-corrected chi connectivity index (χ1v) is 10.0. The number of benzene rings is 2. The maximum absolute atomic E-state index is 12.9. The van der Waals surface area contributed by atoms with E-state index in [1.807, 2.05) is 38.1 Å². The number of nitrogens with one attached hydrogen (secondary N) is 4. The molecule has 2 aromatic carbocycles. The Morgan fingerprint density at radius 3 is 2.52 bits per heavy atom. The number of hydrogen-bond donors (Lipinski definition) is 4. The number of carbonyl (C=O) groups is 2. The van der Waals surface area contributed by atoms with Gasteiger partial charge in [-0.2, -0.15) is 4.98 Å². The van der Waals surface area contributed by atoms with Crippen LogP contribution in [0, 0.1) is 13.8 Å². The van der Waals surface area contributed by atoms with E-state index in [2.05, 4.69) is 25.9 Å². The third kappa shape index (κ3) is 4.44. The van der Waals surface area contributed by atoms with Gasteiger partial charge in [0.1, 0.15) is 5.82 Å². The predicted octanol–water partition coefficient (Wildman–Crippen LogP) is 3.85. The van der Waals surface area contributed by atoms with Gasteiger partial charge in [-0.25, -0.2) is 0 Å². The van der Waals surface area contributed by atoms with E-state index in [0.717, 1.165) is 16.8 Å². The van der Waals surface area contributed by atoms with Crippen molar-refractivity contribution < 1.29 is 9.59 Å². The number of anilines is 4. The van der Waals surface area contributed by atoms with Crippen molar-refractivity contribution in [2.75, 3.05) is 16.0 Å². The SMILES string of the molecule is Cc1ccc(Nc2nc3c(c(=O)[nH]2)[C@H](C(=O)Nc2ccc(C)cc2Cl)CC(=O)N3)cc1. The Balaban J connectivity index is 1.64. The van der Waals surface area contributed by atoms with Gasteiger partial charge >= 0.3 is 0 Å². The van der Waals surface area contributed by atoms with Crippen LogP contribution in [0.15, 0.2) is 47.3 Å². The zero-order valence-corrected chi connectivity index (χ0v) is 17.6. The summed E-state index contributed by atoms with van der Waals surface area (Å²) in [5.74, 6) is -1.68. The molecule has 4 N–H and O–H groups in total. The van der Waals surface area contributed by atoms with E-state index in [4.69, 9.17) is 11.6 Å². The lowest BCUT2D eigenvalue weighted by Crippen LogP contribution is -2.36. The molecule has 1 aromatic heterocycles. The molecule has 1 aliphatic heterocycles. The van der Waals surface area contributed by atoms with E-state index < -0.39 is 23.3 Å². The number of halogens is 1. The molecule has 0 aliphatic carbocycles. The normalized spacial score (nSPS) is 15.1. The average molecular weight is 438 g/mol. The summed E-state index contributed by atoms with van der Waals surface area (Å²) < 4.78 is 0. The van der Waals surface area contributed by atoms with E-state index in [0.29, 0.717) is 10.7 Å². The summed E-state index contributed by atoms with van der Waals surface area (Å²) in [5, 5.41) is 8.67. The second-order valence-electron chi connectivity index (χ2n) is 7.45. The molecule has 2 heterocycles. The van der Waals surface area contributed by atoms with Crippen molar-refractivity contribution in [3.05, 3.63) is 74.5 Å². The minimum Gasteiger partial charge on any atom is -0.326 e. The van der Waals surface area contributed by atoms with Crippen molar-refractivity contribution in [2.24, 2.45) is 0 Å². The lowest BCUT2D eigenvalue weighted by Gasteiger charge is -2.24. The van der Waals surface area contributed by atoms with Gasteiger partial charge in [0.25, 0.3) is 5.56 Å². The number of aromatic amines is 1. The Bertz CT molecular complexity index is 1240. The molecule has 8 nitrogen and oxygen atoms in total. The monoisotopic (exact) mass is 437 g/mol. The number of aryl methyl sites for hydroxylation is 2. The number of aromatic nitrogens is 2. The predicted molar refractivity (Wildman–Crippen MR) is 120 cm³/mol. The van der Waals surface area contributed by atoms with Crippen molar-refractivity contribution in [1.82, 2.24) is 9.97 Å². The van der Waals surface area contributed by atoms with Crippen LogP contribution in [0.1, 0.15) is 29.0 Å². The first-order chi connectivity index (χ1) is 14.8. The Labute approximate surface area is 183 Å². The smallest absolute Gasteiger partial charge is 0.258 e. The van der Waals surface area contributed by atoms with Crippen molar-refractivity contribution in [3.8, 4) is 0 Å². The summed E-state index contributed by atoms with van der Waals surface area (Å²) in [7, 11) is 0. The second-order valence-corrected chi connectivity index (χ2v) is 7.85. The number of H-pyrrole nitrogens is 1. The highest BCUT2D eigenvalue weighted by molar-refractivity contribution is 6.33. The number of amides is 2. The molecule has 3 aromatic rings. The van der Waals surface area contributed by atoms with Crippen LogP contribution in [-0.2, 0) is 9.59 Å². The van der Waals surface area contributed by atoms with Crippen molar-refractivity contribution in [3.63, 3.8) is 0 Å². The van der Waals surface area contributed by atoms with Gasteiger partial charge in [0.2, 0.25) is 17.8 Å². The van der Waals surface area contributed by atoms with Crippen LogP contribution >= 0.6 is 11.6 Å². The van der Waals surface area contributed by atoms with E-state index in [-0.39, 0.29) is 23.8 Å². The highest BCUT2D eigenvalue weighted by Crippen LogP contribution is 2.31. The van der Waals surface area contributed by atoms with E-state index >= 15 is 0 Å². The molecule has 0 saturated heterocycles. The maximum Gasteiger partial charge on any atom is 0.258 e. The Morgan fingerprint density at radius 2 is 1.81 bits per heavy atom. The fourth-order valence-electron chi connectivity index (χ4n) is 3.37. The zero-order valence-electron chi connectivity index (χ0n) is 16.9. The average Bonchev–Trinajstić information content (AvgIpc) is 2.71. The van der Waals surface area contributed by atoms with Crippen LogP contribution in [0.2, 0.25) is 5.02 Å². The second kappa shape index (κ2) is 8.23. The first kappa shape index (κ1) is 20.6. The number of carbonyl (C=O) groups excluding carboxylic acids is 2. The van der Waals surface area contributed by atoms with Crippen LogP contribution < -0.4 is 21.5 Å². The van der Waals surface area contributed by atoms with Gasteiger partial charge in [-0.05, 0) is 43.7 Å². The van der Waals surface area contributed by atoms with Gasteiger partial charge in [-0.15, -0.1) is 0 Å². The fourth-order valence-corrected chi connectivity index (χ4v) is 3.65. The summed E-state index contributed by atoms with van der Waals surface area (Å²) in [6.07, 6.45) is -0.169. The third-order valence-corrected chi connectivity index (χ3v) is 5.28. The molecule has 1 aliphatic rings. The maximum atomic E-state index is 12.9. The molecule has 0 spiro atoms. The molecule has 1 atom stereocenters. The molecule has 158 valence electrons. The lowest BCUT2D eigenvalue weighted by atomic mass is 9.92. The third-order valence-electron chi connectivity index (χ3n) is 4.96. The van der Waals surface area contributed by atoms with Gasteiger partial charge in [-0.1, -0.05) is 35.4 Å².